The molecule has 0 radical (unpaired) electrons. The third-order valence-corrected chi connectivity index (χ3v) is 3.47. The minimum absolute atomic E-state index is 0.0783. The minimum atomic E-state index is -0.372. The number of amides is 1. The SMILES string of the molecule is C=C.CN.COC(=O)N1CC(N(N)/N=C(\N)c2ccc(C)c(N)c2)C1. The normalized spacial score (nSPS) is 13.5. The number of hydrazone groups is 1. The molecular formula is C16H29N7O2. The molecule has 1 amide bonds. The molecule has 1 aliphatic heterocycles. The molecule has 9 nitrogen and oxygen atoms in total. The van der Waals surface area contributed by atoms with Crippen LogP contribution in [0.5, 0.6) is 0 Å². The molecule has 0 bridgehead atoms. The zero-order valence-electron chi connectivity index (χ0n) is 15.1. The van der Waals surface area contributed by atoms with Crippen molar-refractivity contribution in [3.05, 3.63) is 42.5 Å². The van der Waals surface area contributed by atoms with Crippen LogP contribution in [0.4, 0.5) is 10.5 Å². The van der Waals surface area contributed by atoms with Gasteiger partial charge in [-0.05, 0) is 25.6 Å². The number of hydrazine groups is 1. The summed E-state index contributed by atoms with van der Waals surface area (Å²) in [5, 5.41) is 5.40. The van der Waals surface area contributed by atoms with E-state index in [9.17, 15) is 4.79 Å². The summed E-state index contributed by atoms with van der Waals surface area (Å²) in [6, 6.07) is 5.38. The lowest BCUT2D eigenvalue weighted by Crippen LogP contribution is -2.61. The van der Waals surface area contributed by atoms with Crippen molar-refractivity contribution in [1.29, 1.82) is 0 Å². The van der Waals surface area contributed by atoms with Gasteiger partial charge < -0.3 is 26.8 Å². The number of nitrogen functional groups attached to an aromatic ring is 1. The number of likely N-dealkylation sites (tertiary alicyclic amines) is 1. The summed E-state index contributed by atoms with van der Waals surface area (Å²) in [5.41, 5.74) is 18.6. The van der Waals surface area contributed by atoms with Gasteiger partial charge in [0.2, 0.25) is 0 Å². The second-order valence-corrected chi connectivity index (χ2v) is 4.97. The Balaban J connectivity index is 0.00000134. The molecule has 0 atom stereocenters. The summed E-state index contributed by atoms with van der Waals surface area (Å²) in [7, 11) is 2.84. The van der Waals surface area contributed by atoms with E-state index in [4.69, 9.17) is 17.3 Å². The summed E-state index contributed by atoms with van der Waals surface area (Å²) in [4.78, 5) is 12.8. The van der Waals surface area contributed by atoms with Gasteiger partial charge in [-0.25, -0.2) is 15.8 Å². The highest BCUT2D eigenvalue weighted by Gasteiger charge is 2.34. The summed E-state index contributed by atoms with van der Waals surface area (Å²) < 4.78 is 4.61. The Morgan fingerprint density at radius 3 is 2.40 bits per heavy atom. The molecule has 0 unspecified atom stereocenters. The molecule has 0 aliphatic carbocycles. The van der Waals surface area contributed by atoms with Crippen molar-refractivity contribution < 1.29 is 9.53 Å². The standard InChI is InChI=1S/C13H20N6O2.C2H4.CH5N/c1-8-3-4-9(5-11(8)14)12(15)17-19(16)10-6-18(7-10)13(20)21-2;2*1-2/h3-5,10H,6-7,14,16H2,1-2H3,(H2,15,17);1-2H2;2H2,1H3. The number of amidine groups is 1. The molecule has 2 rings (SSSR count). The maximum atomic E-state index is 11.2. The maximum absolute atomic E-state index is 11.2. The van der Waals surface area contributed by atoms with Gasteiger partial charge >= 0.3 is 6.09 Å². The number of aryl methyl sites for hydroxylation is 1. The molecule has 9 heteroatoms. The first-order valence-electron chi connectivity index (χ1n) is 7.57. The van der Waals surface area contributed by atoms with Crippen LogP contribution in [-0.4, -0.2) is 55.2 Å². The molecule has 140 valence electrons. The number of benzene rings is 1. The Morgan fingerprint density at radius 1 is 1.36 bits per heavy atom. The molecule has 25 heavy (non-hydrogen) atoms. The number of hydrogen-bond donors (Lipinski definition) is 4. The molecule has 1 heterocycles. The molecule has 0 spiro atoms. The highest BCUT2D eigenvalue weighted by Crippen LogP contribution is 2.15. The van der Waals surface area contributed by atoms with Gasteiger partial charge in [0.05, 0.1) is 13.2 Å². The zero-order valence-corrected chi connectivity index (χ0v) is 15.1. The van der Waals surface area contributed by atoms with Gasteiger partial charge in [-0.2, -0.15) is 0 Å². The molecule has 0 aromatic heterocycles. The quantitative estimate of drug-likeness (QED) is 0.152. The van der Waals surface area contributed by atoms with Crippen molar-refractivity contribution in [2.45, 2.75) is 13.0 Å². The fraction of sp³-hybridized carbons (Fsp3) is 0.375. The predicted octanol–water partition coefficient (Wildman–Crippen LogP) is 0.201. The van der Waals surface area contributed by atoms with Gasteiger partial charge in [0.25, 0.3) is 0 Å². The molecule has 1 aromatic rings. The number of carbonyl (C=O) groups is 1. The first kappa shape index (κ1) is 22.2. The van der Waals surface area contributed by atoms with Crippen LogP contribution in [0.15, 0.2) is 36.5 Å². The van der Waals surface area contributed by atoms with E-state index in [-0.39, 0.29) is 18.0 Å². The number of nitrogens with two attached hydrogens (primary N) is 4. The minimum Gasteiger partial charge on any atom is -0.453 e. The van der Waals surface area contributed by atoms with Crippen LogP contribution >= 0.6 is 0 Å². The van der Waals surface area contributed by atoms with E-state index in [1.807, 2.05) is 19.1 Å². The lowest BCUT2D eigenvalue weighted by Gasteiger charge is -2.40. The van der Waals surface area contributed by atoms with Crippen molar-refractivity contribution in [2.75, 3.05) is 33.0 Å². The summed E-state index contributed by atoms with van der Waals surface area (Å²) in [6.07, 6.45) is -0.372. The molecule has 8 N–H and O–H groups in total. The number of carbonyl (C=O) groups excluding carboxylic acids is 1. The Hall–Kier alpha value is -2.78. The second kappa shape index (κ2) is 10.9. The number of anilines is 1. The van der Waals surface area contributed by atoms with E-state index in [2.05, 4.69) is 28.7 Å². The van der Waals surface area contributed by atoms with Crippen LogP contribution in [0.2, 0.25) is 0 Å². The lowest BCUT2D eigenvalue weighted by molar-refractivity contribution is 0.0301. The largest absolute Gasteiger partial charge is 0.453 e. The Bertz CT molecular complexity index is 586. The number of ether oxygens (including phenoxy) is 1. The third kappa shape index (κ3) is 5.98. The van der Waals surface area contributed by atoms with Gasteiger partial charge in [0.1, 0.15) is 0 Å². The first-order valence-corrected chi connectivity index (χ1v) is 7.57. The molecule has 1 saturated heterocycles. The lowest BCUT2D eigenvalue weighted by atomic mass is 10.1. The number of hydrogen-bond acceptors (Lipinski definition) is 7. The van der Waals surface area contributed by atoms with E-state index in [0.29, 0.717) is 24.3 Å². The van der Waals surface area contributed by atoms with E-state index >= 15 is 0 Å². The summed E-state index contributed by atoms with van der Waals surface area (Å²) >= 11 is 0. The first-order chi connectivity index (χ1) is 11.9. The van der Waals surface area contributed by atoms with Crippen LogP contribution in [0, 0.1) is 6.92 Å². The Morgan fingerprint density at radius 2 is 1.92 bits per heavy atom. The summed E-state index contributed by atoms with van der Waals surface area (Å²) in [6.45, 7) is 8.82. The van der Waals surface area contributed by atoms with E-state index in [1.54, 1.807) is 6.07 Å². The predicted molar refractivity (Wildman–Crippen MR) is 101 cm³/mol. The van der Waals surface area contributed by atoms with E-state index in [0.717, 1.165) is 5.56 Å². The average molecular weight is 351 g/mol. The number of nitrogens with zero attached hydrogens (tertiary/aromatic N) is 3. The molecule has 1 aliphatic rings. The molecule has 1 aromatic carbocycles. The molecular weight excluding hydrogens is 322 g/mol. The summed E-state index contributed by atoms with van der Waals surface area (Å²) in [5.74, 6) is 6.12. The Kier molecular flexibility index (Phi) is 9.68. The third-order valence-electron chi connectivity index (χ3n) is 3.47. The van der Waals surface area contributed by atoms with Crippen LogP contribution in [0.1, 0.15) is 11.1 Å². The van der Waals surface area contributed by atoms with Gasteiger partial charge in [0.15, 0.2) is 5.84 Å². The Labute approximate surface area is 148 Å². The monoisotopic (exact) mass is 351 g/mol. The van der Waals surface area contributed by atoms with Crippen molar-refractivity contribution in [1.82, 2.24) is 10.0 Å². The van der Waals surface area contributed by atoms with Crippen molar-refractivity contribution in [3.63, 3.8) is 0 Å². The van der Waals surface area contributed by atoms with Crippen LogP contribution in [-0.2, 0) is 4.74 Å². The number of rotatable bonds is 3. The fourth-order valence-corrected chi connectivity index (χ4v) is 1.96. The average Bonchev–Trinajstić information content (AvgIpc) is 2.59. The van der Waals surface area contributed by atoms with Gasteiger partial charge in [-0.15, -0.1) is 18.3 Å². The van der Waals surface area contributed by atoms with Gasteiger partial charge in [0, 0.05) is 24.3 Å². The fourth-order valence-electron chi connectivity index (χ4n) is 1.96. The highest BCUT2D eigenvalue weighted by molar-refractivity contribution is 5.98. The maximum Gasteiger partial charge on any atom is 0.409 e. The molecule has 1 fully saturated rings. The second-order valence-electron chi connectivity index (χ2n) is 4.97. The van der Waals surface area contributed by atoms with Gasteiger partial charge in [-0.3, -0.25) is 0 Å². The topological polar surface area (TPSA) is 149 Å². The highest BCUT2D eigenvalue weighted by atomic mass is 16.5. The van der Waals surface area contributed by atoms with E-state index < -0.39 is 0 Å². The van der Waals surface area contributed by atoms with E-state index in [1.165, 1.54) is 24.2 Å². The van der Waals surface area contributed by atoms with Crippen molar-refractivity contribution in [3.8, 4) is 0 Å². The zero-order chi connectivity index (χ0) is 19.6. The number of methoxy groups -OCH3 is 1. The van der Waals surface area contributed by atoms with Gasteiger partial charge in [-0.1, -0.05) is 12.1 Å². The smallest absolute Gasteiger partial charge is 0.409 e. The van der Waals surface area contributed by atoms with Crippen molar-refractivity contribution in [2.24, 2.45) is 22.4 Å². The van der Waals surface area contributed by atoms with Crippen LogP contribution in [0.25, 0.3) is 0 Å². The van der Waals surface area contributed by atoms with Crippen LogP contribution < -0.4 is 23.0 Å². The van der Waals surface area contributed by atoms with Crippen LogP contribution in [0.3, 0.4) is 0 Å². The molecule has 0 saturated carbocycles. The van der Waals surface area contributed by atoms with Crippen molar-refractivity contribution >= 4 is 17.6 Å².